The van der Waals surface area contributed by atoms with E-state index in [1.54, 1.807) is 0 Å². The second kappa shape index (κ2) is 3.82. The standard InChI is InChI=1S/C15H19NO/c1-2-4-11(5-3-1)6-16-7-12-13(8-16)15-10-17-9-14(12)15/h1-5,12-15H,6-10H2. The fourth-order valence-corrected chi connectivity index (χ4v) is 4.14. The number of hydrogen-bond donors (Lipinski definition) is 0. The lowest BCUT2D eigenvalue weighted by Crippen LogP contribution is -2.44. The van der Waals surface area contributed by atoms with Crippen molar-refractivity contribution >= 4 is 0 Å². The summed E-state index contributed by atoms with van der Waals surface area (Å²) in [4.78, 5) is 2.64. The average Bonchev–Trinajstić information content (AvgIpc) is 2.91. The van der Waals surface area contributed by atoms with Crippen molar-refractivity contribution in [3.05, 3.63) is 35.9 Å². The molecule has 0 radical (unpaired) electrons. The van der Waals surface area contributed by atoms with Crippen LogP contribution in [0.5, 0.6) is 0 Å². The van der Waals surface area contributed by atoms with Crippen molar-refractivity contribution < 1.29 is 4.74 Å². The Morgan fingerprint density at radius 2 is 1.59 bits per heavy atom. The van der Waals surface area contributed by atoms with Gasteiger partial charge in [-0.1, -0.05) is 30.3 Å². The maximum atomic E-state index is 5.60. The molecule has 2 nitrogen and oxygen atoms in total. The van der Waals surface area contributed by atoms with Crippen LogP contribution >= 0.6 is 0 Å². The highest BCUT2D eigenvalue weighted by Gasteiger charge is 2.56. The van der Waals surface area contributed by atoms with Gasteiger partial charge in [0.1, 0.15) is 0 Å². The van der Waals surface area contributed by atoms with Gasteiger partial charge in [0.2, 0.25) is 0 Å². The highest BCUT2D eigenvalue weighted by molar-refractivity contribution is 5.15. The molecule has 2 heteroatoms. The van der Waals surface area contributed by atoms with Crippen molar-refractivity contribution in [1.29, 1.82) is 0 Å². The first-order valence-electron chi connectivity index (χ1n) is 6.76. The number of nitrogens with zero attached hydrogens (tertiary/aromatic N) is 1. The lowest BCUT2D eigenvalue weighted by Gasteiger charge is -2.42. The van der Waals surface area contributed by atoms with Crippen molar-refractivity contribution in [2.75, 3.05) is 26.3 Å². The van der Waals surface area contributed by atoms with Crippen LogP contribution in [0.15, 0.2) is 30.3 Å². The van der Waals surface area contributed by atoms with Gasteiger partial charge in [-0.05, 0) is 29.2 Å². The van der Waals surface area contributed by atoms with E-state index >= 15 is 0 Å². The van der Waals surface area contributed by atoms with E-state index in [9.17, 15) is 0 Å². The molecule has 4 rings (SSSR count). The maximum Gasteiger partial charge on any atom is 0.0501 e. The normalized spacial score (nSPS) is 39.8. The van der Waals surface area contributed by atoms with Crippen LogP contribution in [0.4, 0.5) is 0 Å². The van der Waals surface area contributed by atoms with Crippen molar-refractivity contribution in [3.8, 4) is 0 Å². The summed E-state index contributed by atoms with van der Waals surface area (Å²) in [7, 11) is 0. The molecule has 3 fully saturated rings. The van der Waals surface area contributed by atoms with Gasteiger partial charge < -0.3 is 4.74 Å². The third kappa shape index (κ3) is 1.54. The second-order valence-electron chi connectivity index (χ2n) is 5.87. The number of hydrogen-bond acceptors (Lipinski definition) is 2. The maximum absolute atomic E-state index is 5.60. The lowest BCUT2D eigenvalue weighted by molar-refractivity contribution is 0.0629. The number of rotatable bonds is 2. The summed E-state index contributed by atoms with van der Waals surface area (Å²) in [6.45, 7) is 5.79. The van der Waals surface area contributed by atoms with Crippen LogP contribution in [0.25, 0.3) is 0 Å². The van der Waals surface area contributed by atoms with E-state index in [0.29, 0.717) is 0 Å². The molecular formula is C15H19NO. The third-order valence-electron chi connectivity index (χ3n) is 5.01. The molecule has 2 heterocycles. The molecule has 0 aromatic heterocycles. The van der Waals surface area contributed by atoms with E-state index in [1.165, 1.54) is 18.7 Å². The SMILES string of the molecule is c1ccc(CN2CC3C4COCC4C3C2)cc1. The fourth-order valence-electron chi connectivity index (χ4n) is 4.14. The Morgan fingerprint density at radius 1 is 0.941 bits per heavy atom. The Morgan fingerprint density at radius 3 is 2.24 bits per heavy atom. The Labute approximate surface area is 103 Å². The van der Waals surface area contributed by atoms with Crippen molar-refractivity contribution in [2.24, 2.45) is 23.7 Å². The van der Waals surface area contributed by atoms with Gasteiger partial charge in [0.05, 0.1) is 13.2 Å². The van der Waals surface area contributed by atoms with E-state index in [0.717, 1.165) is 43.4 Å². The molecule has 2 aliphatic heterocycles. The molecule has 1 aromatic carbocycles. The fraction of sp³-hybridized carbons (Fsp3) is 0.600. The van der Waals surface area contributed by atoms with Crippen molar-refractivity contribution in [3.63, 3.8) is 0 Å². The topological polar surface area (TPSA) is 12.5 Å². The molecule has 90 valence electrons. The Bertz CT molecular complexity index is 387. The van der Waals surface area contributed by atoms with E-state index in [1.807, 2.05) is 0 Å². The van der Waals surface area contributed by atoms with Crippen LogP contribution in [0.2, 0.25) is 0 Å². The molecule has 0 amide bonds. The number of fused-ring (bicyclic) bond motifs is 4. The van der Waals surface area contributed by atoms with Gasteiger partial charge in [0, 0.05) is 19.6 Å². The molecule has 3 aliphatic rings. The number of benzene rings is 1. The summed E-state index contributed by atoms with van der Waals surface area (Å²) >= 11 is 0. The summed E-state index contributed by atoms with van der Waals surface area (Å²) < 4.78 is 5.60. The zero-order valence-corrected chi connectivity index (χ0v) is 10.1. The highest BCUT2D eigenvalue weighted by Crippen LogP contribution is 2.53. The number of likely N-dealkylation sites (tertiary alicyclic amines) is 1. The quantitative estimate of drug-likeness (QED) is 0.769. The third-order valence-corrected chi connectivity index (χ3v) is 5.01. The van der Waals surface area contributed by atoms with E-state index in [2.05, 4.69) is 35.2 Å². The van der Waals surface area contributed by atoms with Crippen molar-refractivity contribution in [2.45, 2.75) is 6.54 Å². The summed E-state index contributed by atoms with van der Waals surface area (Å²) in [6.07, 6.45) is 0. The summed E-state index contributed by atoms with van der Waals surface area (Å²) in [6, 6.07) is 10.9. The minimum atomic E-state index is 0.890. The first-order valence-corrected chi connectivity index (χ1v) is 6.76. The first kappa shape index (κ1) is 10.1. The van der Waals surface area contributed by atoms with Crippen LogP contribution in [0.1, 0.15) is 5.56 Å². The molecule has 1 aliphatic carbocycles. The van der Waals surface area contributed by atoms with Crippen LogP contribution in [-0.2, 0) is 11.3 Å². The predicted octanol–water partition coefficient (Wildman–Crippen LogP) is 2.01. The Balaban J connectivity index is 1.43. The van der Waals surface area contributed by atoms with Crippen LogP contribution in [0.3, 0.4) is 0 Å². The van der Waals surface area contributed by atoms with Gasteiger partial charge in [0.15, 0.2) is 0 Å². The van der Waals surface area contributed by atoms with Gasteiger partial charge >= 0.3 is 0 Å². The molecule has 4 unspecified atom stereocenters. The molecule has 0 spiro atoms. The minimum Gasteiger partial charge on any atom is -0.381 e. The van der Waals surface area contributed by atoms with E-state index in [4.69, 9.17) is 4.74 Å². The first-order chi connectivity index (χ1) is 8.42. The zero-order chi connectivity index (χ0) is 11.2. The summed E-state index contributed by atoms with van der Waals surface area (Å²) in [5, 5.41) is 0. The van der Waals surface area contributed by atoms with Gasteiger partial charge in [-0.25, -0.2) is 0 Å². The lowest BCUT2D eigenvalue weighted by atomic mass is 9.60. The van der Waals surface area contributed by atoms with Crippen LogP contribution < -0.4 is 0 Å². The van der Waals surface area contributed by atoms with Gasteiger partial charge in [-0.3, -0.25) is 4.90 Å². The van der Waals surface area contributed by atoms with Crippen LogP contribution in [-0.4, -0.2) is 31.2 Å². The highest BCUT2D eigenvalue weighted by atomic mass is 16.5. The molecule has 1 aromatic rings. The summed E-state index contributed by atoms with van der Waals surface area (Å²) in [5.41, 5.74) is 1.45. The van der Waals surface area contributed by atoms with Gasteiger partial charge in [-0.15, -0.1) is 0 Å². The largest absolute Gasteiger partial charge is 0.381 e. The minimum absolute atomic E-state index is 0.890. The molecule has 1 saturated carbocycles. The van der Waals surface area contributed by atoms with Gasteiger partial charge in [-0.2, -0.15) is 0 Å². The zero-order valence-electron chi connectivity index (χ0n) is 10.1. The molecule has 0 N–H and O–H groups in total. The summed E-state index contributed by atoms with van der Waals surface area (Å²) in [5.74, 6) is 3.65. The second-order valence-corrected chi connectivity index (χ2v) is 5.87. The van der Waals surface area contributed by atoms with E-state index in [-0.39, 0.29) is 0 Å². The number of ether oxygens (including phenoxy) is 1. The monoisotopic (exact) mass is 229 g/mol. The smallest absolute Gasteiger partial charge is 0.0501 e. The Hall–Kier alpha value is -0.860. The van der Waals surface area contributed by atoms with E-state index < -0.39 is 0 Å². The average molecular weight is 229 g/mol. The Kier molecular flexibility index (Phi) is 2.27. The van der Waals surface area contributed by atoms with Crippen molar-refractivity contribution in [1.82, 2.24) is 4.90 Å². The predicted molar refractivity (Wildman–Crippen MR) is 66.5 cm³/mol. The van der Waals surface area contributed by atoms with Crippen LogP contribution in [0, 0.1) is 23.7 Å². The molecule has 17 heavy (non-hydrogen) atoms. The molecule has 4 atom stereocenters. The molecular weight excluding hydrogens is 210 g/mol. The van der Waals surface area contributed by atoms with Gasteiger partial charge in [0.25, 0.3) is 0 Å². The molecule has 0 bridgehead atoms. The molecule has 2 saturated heterocycles.